The van der Waals surface area contributed by atoms with E-state index in [0.29, 0.717) is 18.4 Å². The number of aryl methyl sites for hydroxylation is 3. The molecule has 0 unspecified atom stereocenters. The van der Waals surface area contributed by atoms with E-state index in [9.17, 15) is 18.0 Å². The highest BCUT2D eigenvalue weighted by atomic mass is 19.4. The average molecular weight is 383 g/mol. The smallest absolute Gasteiger partial charge is 0.322 e. The normalized spacial score (nSPS) is 11.3. The zero-order valence-corrected chi connectivity index (χ0v) is 15.4. The molecule has 0 saturated carbocycles. The number of amides is 1. The van der Waals surface area contributed by atoms with Crippen LogP contribution in [0.15, 0.2) is 72.8 Å². The molecule has 0 fully saturated rings. The molecule has 3 rings (SSSR count). The highest BCUT2D eigenvalue weighted by Gasteiger charge is 2.29. The van der Waals surface area contributed by atoms with Crippen molar-refractivity contribution in [3.05, 3.63) is 101 Å². The van der Waals surface area contributed by atoms with Gasteiger partial charge >= 0.3 is 6.18 Å². The first-order valence-electron chi connectivity index (χ1n) is 8.95. The molecule has 0 saturated heterocycles. The molecule has 28 heavy (non-hydrogen) atoms. The molecular weight excluding hydrogens is 363 g/mol. The van der Waals surface area contributed by atoms with Crippen molar-refractivity contribution in [2.45, 2.75) is 25.9 Å². The third kappa shape index (κ3) is 5.00. The van der Waals surface area contributed by atoms with Crippen molar-refractivity contribution in [1.82, 2.24) is 0 Å². The van der Waals surface area contributed by atoms with Gasteiger partial charge in [0.25, 0.3) is 5.91 Å². The molecule has 5 heteroatoms. The van der Waals surface area contributed by atoms with E-state index < -0.39 is 11.7 Å². The monoisotopic (exact) mass is 383 g/mol. The van der Waals surface area contributed by atoms with E-state index in [-0.39, 0.29) is 5.91 Å². The van der Waals surface area contributed by atoms with Gasteiger partial charge in [-0.1, -0.05) is 42.5 Å². The summed E-state index contributed by atoms with van der Waals surface area (Å²) in [6, 6.07) is 20.0. The maximum atomic E-state index is 12.6. The van der Waals surface area contributed by atoms with Crippen LogP contribution in [-0.2, 0) is 19.0 Å². The van der Waals surface area contributed by atoms with E-state index in [1.165, 1.54) is 12.1 Å². The number of hydrogen-bond acceptors (Lipinski definition) is 1. The standard InChI is InChI=1S/C23H20F3NO/c1-16-7-8-18(10-9-17-11-13-20(14-12-17)23(24,25)26)15-21(16)27-22(28)19-5-3-2-4-6-19/h2-8,11-15H,9-10H2,1H3,(H,27,28). The molecule has 0 aliphatic rings. The number of anilines is 1. The molecule has 144 valence electrons. The lowest BCUT2D eigenvalue weighted by Gasteiger charge is -2.11. The maximum absolute atomic E-state index is 12.6. The number of hydrogen-bond donors (Lipinski definition) is 1. The fourth-order valence-electron chi connectivity index (χ4n) is 2.89. The van der Waals surface area contributed by atoms with E-state index >= 15 is 0 Å². The van der Waals surface area contributed by atoms with E-state index in [0.717, 1.165) is 34.5 Å². The molecule has 3 aromatic rings. The minimum Gasteiger partial charge on any atom is -0.322 e. The van der Waals surface area contributed by atoms with Gasteiger partial charge in [0.05, 0.1) is 5.56 Å². The van der Waals surface area contributed by atoms with E-state index in [2.05, 4.69) is 5.32 Å². The predicted octanol–water partition coefficient (Wildman–Crippen LogP) is 6.05. The molecule has 2 nitrogen and oxygen atoms in total. The summed E-state index contributed by atoms with van der Waals surface area (Å²) in [7, 11) is 0. The van der Waals surface area contributed by atoms with Gasteiger partial charge in [0, 0.05) is 11.3 Å². The quantitative estimate of drug-likeness (QED) is 0.571. The third-order valence-corrected chi connectivity index (χ3v) is 4.57. The van der Waals surface area contributed by atoms with E-state index in [1.807, 2.05) is 43.3 Å². The van der Waals surface area contributed by atoms with Crippen LogP contribution in [-0.4, -0.2) is 5.91 Å². The summed E-state index contributed by atoms with van der Waals surface area (Å²) in [6.07, 6.45) is -3.03. The zero-order chi connectivity index (χ0) is 20.1. The fraction of sp³-hybridized carbons (Fsp3) is 0.174. The second-order valence-corrected chi connectivity index (χ2v) is 6.66. The molecule has 1 amide bonds. The second kappa shape index (κ2) is 8.30. The van der Waals surface area contributed by atoms with Crippen molar-refractivity contribution in [1.29, 1.82) is 0 Å². The molecule has 0 heterocycles. The van der Waals surface area contributed by atoms with Gasteiger partial charge in [-0.3, -0.25) is 4.79 Å². The molecule has 0 atom stereocenters. The van der Waals surface area contributed by atoms with Gasteiger partial charge in [-0.25, -0.2) is 0 Å². The average Bonchev–Trinajstić information content (AvgIpc) is 2.69. The Morgan fingerprint density at radius 1 is 0.857 bits per heavy atom. The van der Waals surface area contributed by atoms with Crippen LogP contribution in [0.1, 0.15) is 32.6 Å². The molecule has 0 aliphatic carbocycles. The maximum Gasteiger partial charge on any atom is 0.416 e. The first-order valence-corrected chi connectivity index (χ1v) is 8.95. The van der Waals surface area contributed by atoms with Crippen LogP contribution in [0.4, 0.5) is 18.9 Å². The van der Waals surface area contributed by atoms with Crippen molar-refractivity contribution in [3.8, 4) is 0 Å². The van der Waals surface area contributed by atoms with Crippen molar-refractivity contribution in [2.75, 3.05) is 5.32 Å². The lowest BCUT2D eigenvalue weighted by molar-refractivity contribution is -0.137. The van der Waals surface area contributed by atoms with Crippen LogP contribution in [0.3, 0.4) is 0 Å². The summed E-state index contributed by atoms with van der Waals surface area (Å²) in [5, 5.41) is 2.93. The Balaban J connectivity index is 1.67. The number of alkyl halides is 3. The summed E-state index contributed by atoms with van der Waals surface area (Å²) < 4.78 is 37.9. The second-order valence-electron chi connectivity index (χ2n) is 6.66. The van der Waals surface area contributed by atoms with Gasteiger partial charge in [0.2, 0.25) is 0 Å². The minimum atomic E-state index is -4.32. The SMILES string of the molecule is Cc1ccc(CCc2ccc(C(F)(F)F)cc2)cc1NC(=O)c1ccccc1. The zero-order valence-electron chi connectivity index (χ0n) is 15.4. The highest BCUT2D eigenvalue weighted by molar-refractivity contribution is 6.04. The first kappa shape index (κ1) is 19.7. The van der Waals surface area contributed by atoms with Crippen molar-refractivity contribution in [3.63, 3.8) is 0 Å². The molecular formula is C23H20F3NO. The largest absolute Gasteiger partial charge is 0.416 e. The number of rotatable bonds is 5. The number of nitrogens with one attached hydrogen (secondary N) is 1. The van der Waals surface area contributed by atoms with Crippen LogP contribution < -0.4 is 5.32 Å². The van der Waals surface area contributed by atoms with Gasteiger partial charge in [0.1, 0.15) is 0 Å². The molecule has 0 aromatic heterocycles. The van der Waals surface area contributed by atoms with E-state index in [4.69, 9.17) is 0 Å². The van der Waals surface area contributed by atoms with Crippen molar-refractivity contribution in [2.24, 2.45) is 0 Å². The Bertz CT molecular complexity index is 948. The number of halogens is 3. The lowest BCUT2D eigenvalue weighted by Crippen LogP contribution is -2.12. The predicted molar refractivity (Wildman–Crippen MR) is 104 cm³/mol. The van der Waals surface area contributed by atoms with Gasteiger partial charge in [-0.15, -0.1) is 0 Å². The fourth-order valence-corrected chi connectivity index (χ4v) is 2.89. The van der Waals surface area contributed by atoms with Gasteiger partial charge in [0.15, 0.2) is 0 Å². The molecule has 0 spiro atoms. The summed E-state index contributed by atoms with van der Waals surface area (Å²) >= 11 is 0. The highest BCUT2D eigenvalue weighted by Crippen LogP contribution is 2.29. The van der Waals surface area contributed by atoms with Gasteiger partial charge in [-0.05, 0) is 66.8 Å². The Morgan fingerprint density at radius 3 is 2.11 bits per heavy atom. The summed E-state index contributed by atoms with van der Waals surface area (Å²) in [5.74, 6) is -0.177. The van der Waals surface area contributed by atoms with Crippen molar-refractivity contribution < 1.29 is 18.0 Å². The van der Waals surface area contributed by atoms with E-state index in [1.54, 1.807) is 12.1 Å². The molecule has 0 radical (unpaired) electrons. The Kier molecular flexibility index (Phi) is 5.83. The Hall–Kier alpha value is -3.08. The molecule has 1 N–H and O–H groups in total. The third-order valence-electron chi connectivity index (χ3n) is 4.57. The first-order chi connectivity index (χ1) is 13.3. The van der Waals surface area contributed by atoms with Crippen molar-refractivity contribution >= 4 is 11.6 Å². The Labute approximate surface area is 162 Å². The Morgan fingerprint density at radius 2 is 1.46 bits per heavy atom. The van der Waals surface area contributed by atoms with Crippen LogP contribution in [0.5, 0.6) is 0 Å². The van der Waals surface area contributed by atoms with Crippen LogP contribution in [0.25, 0.3) is 0 Å². The minimum absolute atomic E-state index is 0.177. The summed E-state index contributed by atoms with van der Waals surface area (Å²) in [5.41, 5.74) is 3.47. The van der Waals surface area contributed by atoms with Crippen LogP contribution in [0.2, 0.25) is 0 Å². The number of carbonyl (C=O) groups excluding carboxylic acids is 1. The summed E-state index contributed by atoms with van der Waals surface area (Å²) in [6.45, 7) is 1.92. The molecule has 3 aromatic carbocycles. The summed E-state index contributed by atoms with van der Waals surface area (Å²) in [4.78, 5) is 12.4. The van der Waals surface area contributed by atoms with Gasteiger partial charge in [-0.2, -0.15) is 13.2 Å². The molecule has 0 aliphatic heterocycles. The number of benzene rings is 3. The van der Waals surface area contributed by atoms with Crippen LogP contribution in [0, 0.1) is 6.92 Å². The van der Waals surface area contributed by atoms with Crippen LogP contribution >= 0.6 is 0 Å². The molecule has 0 bridgehead atoms. The topological polar surface area (TPSA) is 29.1 Å². The lowest BCUT2D eigenvalue weighted by atomic mass is 10.0. The number of carbonyl (C=O) groups is 1. The van der Waals surface area contributed by atoms with Gasteiger partial charge < -0.3 is 5.32 Å².